The number of nitrogens with zero attached hydrogens (tertiary/aromatic N) is 1. The largest absolute Gasteiger partial charge is 0.494 e. The fourth-order valence-corrected chi connectivity index (χ4v) is 5.04. The van der Waals surface area contributed by atoms with Crippen molar-refractivity contribution in [3.63, 3.8) is 0 Å². The molecule has 0 aliphatic carbocycles. The summed E-state index contributed by atoms with van der Waals surface area (Å²) in [5.74, 6) is -0.364. The molecule has 228 valence electrons. The van der Waals surface area contributed by atoms with Gasteiger partial charge in [0.1, 0.15) is 11.8 Å². The van der Waals surface area contributed by atoms with Crippen molar-refractivity contribution in [2.24, 2.45) is 0 Å². The van der Waals surface area contributed by atoms with E-state index in [4.69, 9.17) is 4.74 Å². The summed E-state index contributed by atoms with van der Waals surface area (Å²) in [6.45, 7) is 5.70. The van der Waals surface area contributed by atoms with Gasteiger partial charge in [0.2, 0.25) is 5.91 Å². The van der Waals surface area contributed by atoms with Gasteiger partial charge in [0, 0.05) is 42.7 Å². The molecular weight excluding hydrogens is 552 g/mol. The van der Waals surface area contributed by atoms with Crippen LogP contribution in [0.2, 0.25) is 0 Å². The zero-order valence-electron chi connectivity index (χ0n) is 25.4. The summed E-state index contributed by atoms with van der Waals surface area (Å²) in [6, 6.07) is 30.5. The molecule has 4 aromatic carbocycles. The number of anilines is 1. The maximum absolute atomic E-state index is 13.1. The molecule has 2 N–H and O–H groups in total. The van der Waals surface area contributed by atoms with Gasteiger partial charge in [-0.3, -0.25) is 9.59 Å². The number of aryl methyl sites for hydroxylation is 1. The number of ether oxygens (including phenoxy) is 1. The van der Waals surface area contributed by atoms with E-state index in [-0.39, 0.29) is 18.1 Å². The number of amides is 1. The standard InChI is InChI=1S/C37H40N2O5/c1-3-11-35(40)39(26-29-13-9-12-27(2)24-29)22-10-23-44-31-20-18-28(19-21-31)25-34(37(42)43)38-33-17-8-7-16-32(33)36(41)30-14-5-4-6-15-30/h4-9,12-21,24,34,38H,3,10-11,22-23,25-26H2,1-2H3,(H,42,43)/t34-/m0/s1. The molecule has 4 rings (SSSR count). The number of benzene rings is 4. The summed E-state index contributed by atoms with van der Waals surface area (Å²) in [5, 5.41) is 13.0. The first-order valence-corrected chi connectivity index (χ1v) is 15.1. The fraction of sp³-hybridized carbons (Fsp3) is 0.270. The van der Waals surface area contributed by atoms with Crippen molar-refractivity contribution in [3.05, 3.63) is 131 Å². The van der Waals surface area contributed by atoms with E-state index < -0.39 is 12.0 Å². The van der Waals surface area contributed by atoms with Crippen molar-refractivity contribution in [3.8, 4) is 5.75 Å². The summed E-state index contributed by atoms with van der Waals surface area (Å²) in [6.07, 6.45) is 2.24. The van der Waals surface area contributed by atoms with Crippen molar-refractivity contribution in [1.29, 1.82) is 0 Å². The number of carbonyl (C=O) groups excluding carboxylic acids is 2. The van der Waals surface area contributed by atoms with Crippen LogP contribution < -0.4 is 10.1 Å². The van der Waals surface area contributed by atoms with Gasteiger partial charge in [-0.15, -0.1) is 0 Å². The normalized spacial score (nSPS) is 11.4. The molecule has 7 heteroatoms. The van der Waals surface area contributed by atoms with E-state index >= 15 is 0 Å². The number of rotatable bonds is 16. The van der Waals surface area contributed by atoms with Crippen molar-refractivity contribution in [2.45, 2.75) is 52.1 Å². The molecule has 0 aromatic heterocycles. The van der Waals surface area contributed by atoms with Gasteiger partial charge in [0.15, 0.2) is 5.78 Å². The molecular formula is C37H40N2O5. The predicted octanol–water partition coefficient (Wildman–Crippen LogP) is 6.93. The Morgan fingerprint density at radius 1 is 0.864 bits per heavy atom. The molecule has 44 heavy (non-hydrogen) atoms. The van der Waals surface area contributed by atoms with E-state index in [9.17, 15) is 19.5 Å². The van der Waals surface area contributed by atoms with Crippen LogP contribution in [0, 0.1) is 6.92 Å². The molecule has 4 aromatic rings. The molecule has 0 aliphatic heterocycles. The topological polar surface area (TPSA) is 95.9 Å². The van der Waals surface area contributed by atoms with Crippen LogP contribution in [-0.2, 0) is 22.6 Å². The molecule has 7 nitrogen and oxygen atoms in total. The Balaban J connectivity index is 1.32. The Kier molecular flexibility index (Phi) is 11.7. The summed E-state index contributed by atoms with van der Waals surface area (Å²) in [7, 11) is 0. The number of carboxylic acids is 1. The Morgan fingerprint density at radius 3 is 2.30 bits per heavy atom. The van der Waals surface area contributed by atoms with Crippen molar-refractivity contribution < 1.29 is 24.2 Å². The maximum atomic E-state index is 13.1. The van der Waals surface area contributed by atoms with Crippen LogP contribution in [-0.4, -0.2) is 46.9 Å². The van der Waals surface area contributed by atoms with Gasteiger partial charge in [0.25, 0.3) is 0 Å². The van der Waals surface area contributed by atoms with Gasteiger partial charge in [-0.2, -0.15) is 0 Å². The minimum absolute atomic E-state index is 0.145. The lowest BCUT2D eigenvalue weighted by molar-refractivity contribution is -0.138. The number of nitrogens with one attached hydrogen (secondary N) is 1. The number of hydrogen-bond donors (Lipinski definition) is 2. The van der Waals surface area contributed by atoms with Gasteiger partial charge in [-0.1, -0.05) is 91.3 Å². The van der Waals surface area contributed by atoms with Gasteiger partial charge in [-0.05, 0) is 55.2 Å². The monoisotopic (exact) mass is 592 g/mol. The SMILES string of the molecule is CCCC(=O)N(CCCOc1ccc(C[C@H](Nc2ccccc2C(=O)c2ccccc2)C(=O)O)cc1)Cc1cccc(C)c1. The van der Waals surface area contributed by atoms with Crippen LogP contribution in [0.5, 0.6) is 5.75 Å². The first-order chi connectivity index (χ1) is 21.3. The smallest absolute Gasteiger partial charge is 0.326 e. The van der Waals surface area contributed by atoms with E-state index in [1.54, 1.807) is 48.5 Å². The molecule has 0 unspecified atom stereocenters. The highest BCUT2D eigenvalue weighted by atomic mass is 16.5. The molecule has 0 bridgehead atoms. The van der Waals surface area contributed by atoms with Crippen LogP contribution in [0.1, 0.15) is 58.8 Å². The van der Waals surface area contributed by atoms with Crippen molar-refractivity contribution in [2.75, 3.05) is 18.5 Å². The van der Waals surface area contributed by atoms with Crippen LogP contribution in [0.25, 0.3) is 0 Å². The summed E-state index contributed by atoms with van der Waals surface area (Å²) < 4.78 is 5.95. The van der Waals surface area contributed by atoms with Gasteiger partial charge >= 0.3 is 5.97 Å². The van der Waals surface area contributed by atoms with Gasteiger partial charge < -0.3 is 20.1 Å². The Morgan fingerprint density at radius 2 is 1.59 bits per heavy atom. The second kappa shape index (κ2) is 16.1. The maximum Gasteiger partial charge on any atom is 0.326 e. The van der Waals surface area contributed by atoms with Crippen LogP contribution in [0.15, 0.2) is 103 Å². The molecule has 0 radical (unpaired) electrons. The number of carbonyl (C=O) groups is 3. The van der Waals surface area contributed by atoms with Crippen molar-refractivity contribution >= 4 is 23.3 Å². The highest BCUT2D eigenvalue weighted by Crippen LogP contribution is 2.22. The first-order valence-electron chi connectivity index (χ1n) is 15.1. The molecule has 1 amide bonds. The van der Waals surface area contributed by atoms with E-state index in [0.717, 1.165) is 17.5 Å². The number of aliphatic carboxylic acids is 1. The van der Waals surface area contributed by atoms with Crippen molar-refractivity contribution in [1.82, 2.24) is 4.90 Å². The van der Waals surface area contributed by atoms with Crippen LogP contribution >= 0.6 is 0 Å². The molecule has 0 saturated carbocycles. The lowest BCUT2D eigenvalue weighted by Crippen LogP contribution is -2.32. The highest BCUT2D eigenvalue weighted by molar-refractivity contribution is 6.12. The number of ketones is 1. The number of hydrogen-bond acceptors (Lipinski definition) is 5. The lowest BCUT2D eigenvalue weighted by atomic mass is 10.00. The highest BCUT2D eigenvalue weighted by Gasteiger charge is 2.21. The van der Waals surface area contributed by atoms with Crippen LogP contribution in [0.3, 0.4) is 0 Å². The minimum Gasteiger partial charge on any atom is -0.494 e. The van der Waals surface area contributed by atoms with Crippen LogP contribution in [0.4, 0.5) is 5.69 Å². The average Bonchev–Trinajstić information content (AvgIpc) is 3.03. The quantitative estimate of drug-likeness (QED) is 0.108. The molecule has 0 fully saturated rings. The third-order valence-corrected chi connectivity index (χ3v) is 7.31. The predicted molar refractivity (Wildman–Crippen MR) is 173 cm³/mol. The number of para-hydroxylation sites is 1. The second-order valence-corrected chi connectivity index (χ2v) is 10.9. The van der Waals surface area contributed by atoms with E-state index in [1.165, 1.54) is 5.56 Å². The Hall–Kier alpha value is -4.91. The zero-order chi connectivity index (χ0) is 31.3. The first kappa shape index (κ1) is 32.0. The third-order valence-electron chi connectivity index (χ3n) is 7.31. The zero-order valence-corrected chi connectivity index (χ0v) is 25.4. The van der Waals surface area contributed by atoms with E-state index in [1.807, 2.05) is 67.3 Å². The third kappa shape index (κ3) is 9.30. The fourth-order valence-electron chi connectivity index (χ4n) is 5.04. The van der Waals surface area contributed by atoms with Gasteiger partial charge in [0.05, 0.1) is 6.61 Å². The number of carboxylic acid groups (broad SMARTS) is 1. The molecule has 0 aliphatic rings. The lowest BCUT2D eigenvalue weighted by Gasteiger charge is -2.23. The average molecular weight is 593 g/mol. The molecule has 0 saturated heterocycles. The summed E-state index contributed by atoms with van der Waals surface area (Å²) >= 11 is 0. The van der Waals surface area contributed by atoms with E-state index in [0.29, 0.717) is 55.1 Å². The van der Waals surface area contributed by atoms with E-state index in [2.05, 4.69) is 11.4 Å². The Labute approximate surface area is 259 Å². The second-order valence-electron chi connectivity index (χ2n) is 10.9. The molecule has 0 spiro atoms. The Bertz CT molecular complexity index is 1540. The molecule has 1 atom stereocenters. The van der Waals surface area contributed by atoms with Gasteiger partial charge in [-0.25, -0.2) is 4.79 Å². The summed E-state index contributed by atoms with van der Waals surface area (Å²) in [5.41, 5.74) is 4.54. The molecule has 0 heterocycles. The minimum atomic E-state index is -1.01. The summed E-state index contributed by atoms with van der Waals surface area (Å²) in [4.78, 5) is 39.9.